The standard InChI is InChI=1S/C38H69NO8/c1-3-5-7-9-11-13-14-15-16-17-18-20-22-24-26-28-34(42)39-31(32(41)27-25-23-21-19-12-10-8-6-4-2)30-46-38-37(45)36(44)35(43)33(29-40)47-38/h15-16,21,23,25,27,31-33,35-38,40-41,43-45H,3-14,17-20,22,24,26,28-30H2,1-2H3,(H,39,42)/b16-15-,23-21+,27-25+/t31-,32+,33+,35+,36?,37?,38+/m0/s1. The van der Waals surface area contributed by atoms with E-state index in [9.17, 15) is 30.3 Å². The molecule has 0 spiro atoms. The quantitative estimate of drug-likeness (QED) is 0.0316. The first-order valence-corrected chi connectivity index (χ1v) is 18.7. The van der Waals surface area contributed by atoms with E-state index in [1.165, 1.54) is 70.6 Å². The van der Waals surface area contributed by atoms with E-state index in [0.717, 1.165) is 51.4 Å². The van der Waals surface area contributed by atoms with Crippen molar-refractivity contribution in [2.24, 2.45) is 0 Å². The van der Waals surface area contributed by atoms with Crippen LogP contribution in [-0.4, -0.2) is 87.5 Å². The van der Waals surface area contributed by atoms with Crippen molar-refractivity contribution in [2.75, 3.05) is 13.2 Å². The van der Waals surface area contributed by atoms with Gasteiger partial charge in [-0.15, -0.1) is 0 Å². The lowest BCUT2D eigenvalue weighted by Crippen LogP contribution is -2.60. The van der Waals surface area contributed by atoms with Gasteiger partial charge >= 0.3 is 0 Å². The van der Waals surface area contributed by atoms with Crippen LogP contribution in [0.3, 0.4) is 0 Å². The lowest BCUT2D eigenvalue weighted by Gasteiger charge is -2.40. The molecule has 1 saturated heterocycles. The van der Waals surface area contributed by atoms with Crippen LogP contribution in [0.15, 0.2) is 36.5 Å². The lowest BCUT2D eigenvalue weighted by molar-refractivity contribution is -0.302. The van der Waals surface area contributed by atoms with Crippen molar-refractivity contribution in [1.82, 2.24) is 5.32 Å². The van der Waals surface area contributed by atoms with Crippen LogP contribution in [0, 0.1) is 0 Å². The minimum absolute atomic E-state index is 0.208. The normalized spacial score (nSPS) is 23.3. The van der Waals surface area contributed by atoms with Crippen molar-refractivity contribution in [3.05, 3.63) is 36.5 Å². The maximum absolute atomic E-state index is 12.8. The van der Waals surface area contributed by atoms with Gasteiger partial charge in [-0.3, -0.25) is 4.79 Å². The Morgan fingerprint density at radius 1 is 0.723 bits per heavy atom. The van der Waals surface area contributed by atoms with Crippen LogP contribution < -0.4 is 5.32 Å². The van der Waals surface area contributed by atoms with Crippen LogP contribution in [-0.2, 0) is 14.3 Å². The summed E-state index contributed by atoms with van der Waals surface area (Å²) in [5.74, 6) is -0.208. The summed E-state index contributed by atoms with van der Waals surface area (Å²) in [6.07, 6.45) is 26.3. The summed E-state index contributed by atoms with van der Waals surface area (Å²) in [6.45, 7) is 3.65. The van der Waals surface area contributed by atoms with Crippen molar-refractivity contribution >= 4 is 5.91 Å². The third kappa shape index (κ3) is 21.2. The maximum Gasteiger partial charge on any atom is 0.220 e. The maximum atomic E-state index is 12.8. The monoisotopic (exact) mass is 668 g/mol. The van der Waals surface area contributed by atoms with Gasteiger partial charge in [0.15, 0.2) is 6.29 Å². The molecule has 0 aromatic rings. The van der Waals surface area contributed by atoms with Crippen molar-refractivity contribution in [2.45, 2.75) is 185 Å². The Balaban J connectivity index is 2.47. The Morgan fingerprint density at radius 2 is 1.26 bits per heavy atom. The predicted molar refractivity (Wildman–Crippen MR) is 189 cm³/mol. The van der Waals surface area contributed by atoms with Gasteiger partial charge in [-0.25, -0.2) is 0 Å². The fraction of sp³-hybridized carbons (Fsp3) is 0.816. The number of carbonyl (C=O) groups is 1. The number of nitrogens with one attached hydrogen (secondary N) is 1. The molecular weight excluding hydrogens is 598 g/mol. The van der Waals surface area contributed by atoms with Gasteiger partial charge in [0.1, 0.15) is 24.4 Å². The molecule has 0 aliphatic carbocycles. The summed E-state index contributed by atoms with van der Waals surface area (Å²) >= 11 is 0. The molecule has 6 N–H and O–H groups in total. The topological polar surface area (TPSA) is 149 Å². The second kappa shape index (κ2) is 29.3. The first-order valence-electron chi connectivity index (χ1n) is 18.7. The molecule has 1 amide bonds. The highest BCUT2D eigenvalue weighted by Crippen LogP contribution is 2.22. The number of carbonyl (C=O) groups excluding carboxylic acids is 1. The molecule has 0 radical (unpaired) electrons. The molecule has 1 aliphatic heterocycles. The summed E-state index contributed by atoms with van der Waals surface area (Å²) in [4.78, 5) is 12.8. The highest BCUT2D eigenvalue weighted by molar-refractivity contribution is 5.76. The first kappa shape index (κ1) is 43.4. The number of rotatable bonds is 29. The second-order valence-electron chi connectivity index (χ2n) is 13.0. The average molecular weight is 668 g/mol. The predicted octanol–water partition coefficient (Wildman–Crippen LogP) is 6.16. The van der Waals surface area contributed by atoms with E-state index in [1.54, 1.807) is 12.2 Å². The number of amides is 1. The Labute approximate surface area is 285 Å². The Morgan fingerprint density at radius 3 is 1.83 bits per heavy atom. The molecule has 1 heterocycles. The van der Waals surface area contributed by atoms with Crippen molar-refractivity contribution < 1.29 is 39.8 Å². The number of ether oxygens (including phenoxy) is 2. The van der Waals surface area contributed by atoms with Crippen LogP contribution in [0.25, 0.3) is 0 Å². The summed E-state index contributed by atoms with van der Waals surface area (Å²) in [7, 11) is 0. The molecule has 1 aliphatic rings. The molecular formula is C38H69NO8. The van der Waals surface area contributed by atoms with E-state index in [2.05, 4.69) is 37.4 Å². The van der Waals surface area contributed by atoms with Crippen LogP contribution in [0.4, 0.5) is 0 Å². The van der Waals surface area contributed by atoms with Gasteiger partial charge in [0.2, 0.25) is 5.91 Å². The second-order valence-corrected chi connectivity index (χ2v) is 13.0. The smallest absolute Gasteiger partial charge is 0.220 e. The molecule has 1 fully saturated rings. The summed E-state index contributed by atoms with van der Waals surface area (Å²) in [6, 6.07) is -0.836. The molecule has 274 valence electrons. The summed E-state index contributed by atoms with van der Waals surface area (Å²) in [5.41, 5.74) is 0. The Bertz CT molecular complexity index is 833. The van der Waals surface area contributed by atoms with Gasteiger partial charge in [0.05, 0.1) is 25.4 Å². The molecule has 9 heteroatoms. The third-order valence-electron chi connectivity index (χ3n) is 8.74. The van der Waals surface area contributed by atoms with Crippen LogP contribution in [0.2, 0.25) is 0 Å². The average Bonchev–Trinajstić information content (AvgIpc) is 3.07. The van der Waals surface area contributed by atoms with Gasteiger partial charge < -0.3 is 40.3 Å². The third-order valence-corrected chi connectivity index (χ3v) is 8.74. The lowest BCUT2D eigenvalue weighted by atomic mass is 9.99. The van der Waals surface area contributed by atoms with Crippen LogP contribution in [0.5, 0.6) is 0 Å². The highest BCUT2D eigenvalue weighted by atomic mass is 16.7. The van der Waals surface area contributed by atoms with Gasteiger partial charge in [0.25, 0.3) is 0 Å². The Hall–Kier alpha value is -1.59. The number of allylic oxidation sites excluding steroid dienone is 5. The molecule has 7 atom stereocenters. The number of hydrogen-bond acceptors (Lipinski definition) is 8. The summed E-state index contributed by atoms with van der Waals surface area (Å²) < 4.78 is 11.1. The Kier molecular flexibility index (Phi) is 27.1. The number of aliphatic hydroxyl groups excluding tert-OH is 5. The van der Waals surface area contributed by atoms with Crippen molar-refractivity contribution in [1.29, 1.82) is 0 Å². The zero-order chi connectivity index (χ0) is 34.5. The minimum Gasteiger partial charge on any atom is -0.394 e. The van der Waals surface area contributed by atoms with E-state index < -0.39 is 49.5 Å². The van der Waals surface area contributed by atoms with E-state index in [0.29, 0.717) is 6.42 Å². The number of unbranched alkanes of at least 4 members (excludes halogenated alkanes) is 16. The summed E-state index contributed by atoms with van der Waals surface area (Å²) in [5, 5.41) is 53.7. The zero-order valence-electron chi connectivity index (χ0n) is 29.5. The van der Waals surface area contributed by atoms with Crippen LogP contribution >= 0.6 is 0 Å². The van der Waals surface area contributed by atoms with E-state index >= 15 is 0 Å². The molecule has 0 aromatic carbocycles. The highest BCUT2D eigenvalue weighted by Gasteiger charge is 2.44. The molecule has 2 unspecified atom stereocenters. The SMILES string of the molecule is CCCCCCC/C=C/C=C/[C@@H](O)[C@H](CO[C@@H]1O[C@H](CO)[C@@H](O)C(O)C1O)NC(=O)CCCCCCC/C=C\CCCCCCCC. The van der Waals surface area contributed by atoms with E-state index in [-0.39, 0.29) is 12.5 Å². The van der Waals surface area contributed by atoms with Crippen LogP contribution in [0.1, 0.15) is 142 Å². The van der Waals surface area contributed by atoms with Gasteiger partial charge in [-0.1, -0.05) is 127 Å². The first-order chi connectivity index (χ1) is 22.8. The van der Waals surface area contributed by atoms with Gasteiger partial charge in [-0.05, 0) is 44.9 Å². The molecule has 0 bridgehead atoms. The van der Waals surface area contributed by atoms with E-state index in [1.807, 2.05) is 6.08 Å². The number of aliphatic hydroxyl groups is 5. The van der Waals surface area contributed by atoms with E-state index in [4.69, 9.17) is 9.47 Å². The van der Waals surface area contributed by atoms with Gasteiger partial charge in [0, 0.05) is 6.42 Å². The molecule has 0 aromatic heterocycles. The fourth-order valence-electron chi connectivity index (χ4n) is 5.62. The number of hydrogen-bond donors (Lipinski definition) is 6. The minimum atomic E-state index is -1.57. The molecule has 1 rings (SSSR count). The molecule has 9 nitrogen and oxygen atoms in total. The molecule has 47 heavy (non-hydrogen) atoms. The largest absolute Gasteiger partial charge is 0.394 e. The zero-order valence-corrected chi connectivity index (χ0v) is 29.5. The van der Waals surface area contributed by atoms with Crippen molar-refractivity contribution in [3.8, 4) is 0 Å². The van der Waals surface area contributed by atoms with Crippen molar-refractivity contribution in [3.63, 3.8) is 0 Å². The fourth-order valence-corrected chi connectivity index (χ4v) is 5.62. The van der Waals surface area contributed by atoms with Gasteiger partial charge in [-0.2, -0.15) is 0 Å². The molecule has 0 saturated carbocycles.